The molecule has 1 aliphatic carbocycles. The lowest BCUT2D eigenvalue weighted by molar-refractivity contribution is 0.0488. The van der Waals surface area contributed by atoms with Gasteiger partial charge in [-0.3, -0.25) is 9.89 Å². The number of nitrogens with zero attached hydrogens (tertiary/aromatic N) is 2. The van der Waals surface area contributed by atoms with Crippen molar-refractivity contribution in [2.75, 3.05) is 40.0 Å². The number of amides is 1. The van der Waals surface area contributed by atoms with Crippen LogP contribution in [0.1, 0.15) is 54.1 Å². The molecule has 24 heavy (non-hydrogen) atoms. The summed E-state index contributed by atoms with van der Waals surface area (Å²) in [6, 6.07) is 0. The summed E-state index contributed by atoms with van der Waals surface area (Å²) in [6.07, 6.45) is 7.84. The highest BCUT2D eigenvalue weighted by atomic mass is 16.5. The number of carbonyl (C=O) groups excluding carboxylic acids is 1. The molecule has 2 atom stereocenters. The van der Waals surface area contributed by atoms with Gasteiger partial charge in [-0.05, 0) is 12.8 Å². The second-order valence-electron chi connectivity index (χ2n) is 7.73. The molecule has 3 fully saturated rings. The maximum atomic E-state index is 13.1. The Hall–Kier alpha value is -1.40. The fraction of sp³-hybridized carbons (Fsp3) is 0.778. The highest BCUT2D eigenvalue weighted by Gasteiger charge is 2.52. The Morgan fingerprint density at radius 3 is 3.08 bits per heavy atom. The zero-order valence-electron chi connectivity index (χ0n) is 14.4. The van der Waals surface area contributed by atoms with Gasteiger partial charge in [-0.15, -0.1) is 0 Å². The summed E-state index contributed by atoms with van der Waals surface area (Å²) in [5, 5.41) is 7.31. The van der Waals surface area contributed by atoms with Crippen LogP contribution in [-0.2, 0) is 9.47 Å². The second kappa shape index (κ2) is 6.48. The third-order valence-corrected chi connectivity index (χ3v) is 6.15. The van der Waals surface area contributed by atoms with Crippen LogP contribution in [0, 0.1) is 11.3 Å². The van der Waals surface area contributed by atoms with Crippen LogP contribution in [0.5, 0.6) is 0 Å². The predicted molar refractivity (Wildman–Crippen MR) is 88.9 cm³/mol. The number of aromatic amines is 1. The molecular formula is C18H27N3O3. The van der Waals surface area contributed by atoms with Crippen molar-refractivity contribution in [3.05, 3.63) is 17.5 Å². The molecule has 1 aromatic rings. The van der Waals surface area contributed by atoms with Gasteiger partial charge < -0.3 is 14.4 Å². The molecule has 1 amide bonds. The molecule has 0 aromatic carbocycles. The minimum Gasteiger partial charge on any atom is -0.384 e. The molecule has 0 bridgehead atoms. The van der Waals surface area contributed by atoms with Crippen molar-refractivity contribution in [3.8, 4) is 0 Å². The lowest BCUT2D eigenvalue weighted by Crippen LogP contribution is -2.37. The topological polar surface area (TPSA) is 67.5 Å². The zero-order valence-corrected chi connectivity index (χ0v) is 14.4. The van der Waals surface area contributed by atoms with Crippen LogP contribution in [0.3, 0.4) is 0 Å². The largest absolute Gasteiger partial charge is 0.384 e. The number of ether oxygens (including phenoxy) is 2. The highest BCUT2D eigenvalue weighted by molar-refractivity contribution is 5.95. The summed E-state index contributed by atoms with van der Waals surface area (Å²) in [5.74, 6) is 0.958. The van der Waals surface area contributed by atoms with Crippen molar-refractivity contribution >= 4 is 5.91 Å². The minimum absolute atomic E-state index is 0.0286. The molecule has 4 rings (SSSR count). The van der Waals surface area contributed by atoms with Gasteiger partial charge in [-0.25, -0.2) is 0 Å². The van der Waals surface area contributed by atoms with Gasteiger partial charge in [0.25, 0.3) is 5.91 Å². The van der Waals surface area contributed by atoms with Gasteiger partial charge >= 0.3 is 0 Å². The average Bonchev–Trinajstić information content (AvgIpc) is 3.29. The summed E-state index contributed by atoms with van der Waals surface area (Å²) in [6.45, 7) is 3.56. The molecule has 3 heterocycles. The van der Waals surface area contributed by atoms with Crippen molar-refractivity contribution < 1.29 is 14.3 Å². The molecule has 6 nitrogen and oxygen atoms in total. The van der Waals surface area contributed by atoms with E-state index >= 15 is 0 Å². The van der Waals surface area contributed by atoms with Crippen LogP contribution in [0.15, 0.2) is 6.20 Å². The van der Waals surface area contributed by atoms with Crippen molar-refractivity contribution in [1.82, 2.24) is 15.1 Å². The van der Waals surface area contributed by atoms with Gasteiger partial charge in [0, 0.05) is 37.5 Å². The zero-order chi connectivity index (χ0) is 16.6. The molecule has 1 saturated carbocycles. The fourth-order valence-electron chi connectivity index (χ4n) is 4.82. The Balaban J connectivity index is 1.52. The highest BCUT2D eigenvalue weighted by Crippen LogP contribution is 2.42. The number of carbonyl (C=O) groups is 1. The Morgan fingerprint density at radius 1 is 1.46 bits per heavy atom. The van der Waals surface area contributed by atoms with Crippen LogP contribution in [0.2, 0.25) is 0 Å². The molecule has 0 spiro atoms. The molecule has 0 unspecified atom stereocenters. The van der Waals surface area contributed by atoms with E-state index in [-0.39, 0.29) is 11.3 Å². The van der Waals surface area contributed by atoms with Crippen LogP contribution in [0.25, 0.3) is 0 Å². The first-order chi connectivity index (χ1) is 11.7. The van der Waals surface area contributed by atoms with Gasteiger partial charge in [-0.1, -0.05) is 19.3 Å². The Morgan fingerprint density at radius 2 is 2.29 bits per heavy atom. The van der Waals surface area contributed by atoms with E-state index in [4.69, 9.17) is 9.47 Å². The quantitative estimate of drug-likeness (QED) is 0.917. The molecule has 2 saturated heterocycles. The molecule has 2 aliphatic heterocycles. The fourth-order valence-corrected chi connectivity index (χ4v) is 4.82. The van der Waals surface area contributed by atoms with E-state index in [1.165, 1.54) is 19.3 Å². The Bertz CT molecular complexity index is 596. The normalized spacial score (nSPS) is 30.7. The summed E-state index contributed by atoms with van der Waals surface area (Å²) in [4.78, 5) is 15.1. The predicted octanol–water partition coefficient (Wildman–Crippen LogP) is 2.19. The number of fused-ring (bicyclic) bond motifs is 1. The first-order valence-corrected chi connectivity index (χ1v) is 9.13. The average molecular weight is 333 g/mol. The number of hydrogen-bond acceptors (Lipinski definition) is 4. The van der Waals surface area contributed by atoms with Crippen molar-refractivity contribution in [1.29, 1.82) is 0 Å². The van der Waals surface area contributed by atoms with E-state index in [9.17, 15) is 4.79 Å². The van der Waals surface area contributed by atoms with Crippen molar-refractivity contribution in [3.63, 3.8) is 0 Å². The SMILES string of the molecule is COC[C@@]12COC[C@@H]1CN(C(=O)c1cn[nH]c1C1CCCCC1)C2. The molecule has 1 aromatic heterocycles. The lowest BCUT2D eigenvalue weighted by atomic mass is 9.82. The number of hydrogen-bond donors (Lipinski definition) is 1. The number of likely N-dealkylation sites (tertiary alicyclic amines) is 1. The standard InChI is InChI=1S/C18H27N3O3/c1-23-11-18-10-21(8-14(18)9-24-12-18)17(22)15-7-19-20-16(15)13-5-3-2-4-6-13/h7,13-14H,2-6,8-12H2,1H3,(H,19,20)/t14-,18-/m0/s1. The van der Waals surface area contributed by atoms with Crippen LogP contribution < -0.4 is 0 Å². The van der Waals surface area contributed by atoms with E-state index in [1.807, 2.05) is 4.90 Å². The van der Waals surface area contributed by atoms with E-state index in [0.717, 1.165) is 43.8 Å². The Kier molecular flexibility index (Phi) is 4.35. The van der Waals surface area contributed by atoms with Crippen molar-refractivity contribution in [2.45, 2.75) is 38.0 Å². The number of rotatable bonds is 4. The number of nitrogens with one attached hydrogen (secondary N) is 1. The molecule has 1 N–H and O–H groups in total. The molecule has 132 valence electrons. The minimum atomic E-state index is -0.0286. The lowest BCUT2D eigenvalue weighted by Gasteiger charge is -2.26. The van der Waals surface area contributed by atoms with Gasteiger partial charge in [0.2, 0.25) is 0 Å². The molecule has 3 aliphatic rings. The summed E-state index contributed by atoms with van der Waals surface area (Å²) in [5.41, 5.74) is 1.79. The second-order valence-corrected chi connectivity index (χ2v) is 7.73. The number of H-pyrrole nitrogens is 1. The number of aromatic nitrogens is 2. The molecular weight excluding hydrogens is 306 g/mol. The summed E-state index contributed by atoms with van der Waals surface area (Å²) < 4.78 is 11.1. The Labute approximate surface area is 142 Å². The first kappa shape index (κ1) is 16.1. The van der Waals surface area contributed by atoms with Crippen LogP contribution >= 0.6 is 0 Å². The van der Waals surface area contributed by atoms with Gasteiger partial charge in [0.15, 0.2) is 0 Å². The van der Waals surface area contributed by atoms with Gasteiger partial charge in [0.1, 0.15) is 0 Å². The van der Waals surface area contributed by atoms with Gasteiger partial charge in [-0.2, -0.15) is 5.10 Å². The van der Waals surface area contributed by atoms with E-state index < -0.39 is 0 Å². The third-order valence-electron chi connectivity index (χ3n) is 6.15. The van der Waals surface area contributed by atoms with Crippen LogP contribution in [0.4, 0.5) is 0 Å². The monoisotopic (exact) mass is 333 g/mol. The van der Waals surface area contributed by atoms with E-state index in [1.54, 1.807) is 13.3 Å². The van der Waals surface area contributed by atoms with E-state index in [0.29, 0.717) is 25.0 Å². The maximum absolute atomic E-state index is 13.1. The van der Waals surface area contributed by atoms with Crippen molar-refractivity contribution in [2.24, 2.45) is 11.3 Å². The van der Waals surface area contributed by atoms with E-state index in [2.05, 4.69) is 10.2 Å². The third kappa shape index (κ3) is 2.65. The summed E-state index contributed by atoms with van der Waals surface area (Å²) >= 11 is 0. The smallest absolute Gasteiger partial charge is 0.257 e. The number of methoxy groups -OCH3 is 1. The molecule has 6 heteroatoms. The first-order valence-electron chi connectivity index (χ1n) is 9.13. The van der Waals surface area contributed by atoms with Crippen LogP contribution in [-0.4, -0.2) is 61.0 Å². The molecule has 0 radical (unpaired) electrons. The maximum Gasteiger partial charge on any atom is 0.257 e. The summed E-state index contributed by atoms with van der Waals surface area (Å²) in [7, 11) is 1.73. The van der Waals surface area contributed by atoms with Gasteiger partial charge in [0.05, 0.1) is 37.3 Å².